The minimum atomic E-state index is -1.11. The maximum absolute atomic E-state index is 12.5. The Morgan fingerprint density at radius 2 is 2.00 bits per heavy atom. The largest absolute Gasteiger partial charge is 0.480 e. The van der Waals surface area contributed by atoms with Crippen LogP contribution in [0, 0.1) is 11.8 Å². The number of hydrogen-bond acceptors (Lipinski definition) is 4. The summed E-state index contributed by atoms with van der Waals surface area (Å²) >= 11 is 0. The van der Waals surface area contributed by atoms with E-state index in [2.05, 4.69) is 0 Å². The molecule has 0 bridgehead atoms. The third kappa shape index (κ3) is 3.34. The second kappa shape index (κ2) is 6.01. The van der Waals surface area contributed by atoms with Gasteiger partial charge in [0.25, 0.3) is 0 Å². The van der Waals surface area contributed by atoms with E-state index in [1.807, 2.05) is 13.8 Å². The molecule has 7 nitrogen and oxygen atoms in total. The van der Waals surface area contributed by atoms with Crippen molar-refractivity contribution in [2.75, 3.05) is 19.6 Å². The fourth-order valence-corrected chi connectivity index (χ4v) is 3.08. The normalized spacial score (nSPS) is 29.5. The number of carboxylic acid groups (broad SMARTS) is 1. The first-order valence-corrected chi connectivity index (χ1v) is 7.28. The Morgan fingerprint density at radius 3 is 2.57 bits per heavy atom. The monoisotopic (exact) mass is 298 g/mol. The van der Waals surface area contributed by atoms with Crippen molar-refractivity contribution in [1.29, 1.82) is 0 Å². The average molecular weight is 298 g/mol. The number of likely N-dealkylation sites (tertiary alicyclic amines) is 2. The molecule has 0 aromatic carbocycles. The standard InChI is InChI=1S/C14H22N2O5/c1-8(2)5-15-6-9(3-12(15)18)13(19)16-7-10(17)4-11(16)14(20)21/h8-11,17H,3-7H2,1-2H3,(H,20,21)/t9?,10-,11-/m0/s1. The Kier molecular flexibility index (Phi) is 4.51. The van der Waals surface area contributed by atoms with Crippen LogP contribution in [-0.2, 0) is 14.4 Å². The number of rotatable bonds is 4. The van der Waals surface area contributed by atoms with E-state index in [1.54, 1.807) is 4.90 Å². The Bertz CT molecular complexity index is 451. The number of β-amino-alcohol motifs (C(OH)–C–C–N with tert-alkyl or cyclic N) is 1. The molecule has 2 amide bonds. The summed E-state index contributed by atoms with van der Waals surface area (Å²) in [5.74, 6) is -1.68. The lowest BCUT2D eigenvalue weighted by Gasteiger charge is -2.24. The molecule has 2 aliphatic heterocycles. The Hall–Kier alpha value is -1.63. The molecule has 2 saturated heterocycles. The summed E-state index contributed by atoms with van der Waals surface area (Å²) in [6.45, 7) is 4.98. The molecule has 2 heterocycles. The quantitative estimate of drug-likeness (QED) is 0.731. The summed E-state index contributed by atoms with van der Waals surface area (Å²) in [5, 5.41) is 18.7. The van der Waals surface area contributed by atoms with E-state index < -0.39 is 24.0 Å². The zero-order valence-corrected chi connectivity index (χ0v) is 12.4. The number of carbonyl (C=O) groups is 3. The number of aliphatic hydroxyl groups excluding tert-OH is 1. The summed E-state index contributed by atoms with van der Waals surface area (Å²) < 4.78 is 0. The number of carbonyl (C=O) groups excluding carboxylic acids is 2. The molecule has 2 rings (SSSR count). The van der Waals surface area contributed by atoms with Crippen molar-refractivity contribution in [1.82, 2.24) is 9.80 Å². The molecule has 0 aromatic heterocycles. The van der Waals surface area contributed by atoms with Crippen LogP contribution in [0.1, 0.15) is 26.7 Å². The fraction of sp³-hybridized carbons (Fsp3) is 0.786. The molecule has 1 unspecified atom stereocenters. The third-order valence-corrected chi connectivity index (χ3v) is 4.00. The highest BCUT2D eigenvalue weighted by molar-refractivity contribution is 5.91. The molecule has 2 fully saturated rings. The lowest BCUT2D eigenvalue weighted by atomic mass is 10.1. The van der Waals surface area contributed by atoms with Crippen molar-refractivity contribution < 1.29 is 24.6 Å². The van der Waals surface area contributed by atoms with Gasteiger partial charge in [-0.25, -0.2) is 4.79 Å². The number of hydrogen-bond donors (Lipinski definition) is 2. The van der Waals surface area contributed by atoms with E-state index in [-0.39, 0.29) is 31.2 Å². The summed E-state index contributed by atoms with van der Waals surface area (Å²) in [6.07, 6.45) is -0.624. The van der Waals surface area contributed by atoms with Gasteiger partial charge in [-0.1, -0.05) is 13.8 Å². The minimum absolute atomic E-state index is 0.0324. The predicted octanol–water partition coefficient (Wildman–Crippen LogP) is -0.463. The zero-order chi connectivity index (χ0) is 15.7. The maximum atomic E-state index is 12.5. The van der Waals surface area contributed by atoms with E-state index in [0.717, 1.165) is 0 Å². The van der Waals surface area contributed by atoms with Crippen LogP contribution < -0.4 is 0 Å². The molecule has 0 aromatic rings. The zero-order valence-electron chi connectivity index (χ0n) is 12.4. The van der Waals surface area contributed by atoms with Gasteiger partial charge in [0.1, 0.15) is 6.04 Å². The van der Waals surface area contributed by atoms with Gasteiger partial charge in [-0.2, -0.15) is 0 Å². The van der Waals surface area contributed by atoms with Crippen molar-refractivity contribution >= 4 is 17.8 Å². The molecule has 0 radical (unpaired) electrons. The molecule has 2 N–H and O–H groups in total. The van der Waals surface area contributed by atoms with Gasteiger partial charge in [0.15, 0.2) is 0 Å². The number of aliphatic carboxylic acids is 1. The Balaban J connectivity index is 2.04. The molecule has 2 aliphatic rings. The Morgan fingerprint density at radius 1 is 1.33 bits per heavy atom. The average Bonchev–Trinajstić information content (AvgIpc) is 2.92. The minimum Gasteiger partial charge on any atom is -0.480 e. The highest BCUT2D eigenvalue weighted by Gasteiger charge is 2.44. The topological polar surface area (TPSA) is 98.2 Å². The molecule has 0 aliphatic carbocycles. The van der Waals surface area contributed by atoms with Crippen LogP contribution in [0.2, 0.25) is 0 Å². The van der Waals surface area contributed by atoms with Crippen LogP contribution in [0.25, 0.3) is 0 Å². The van der Waals surface area contributed by atoms with Crippen molar-refractivity contribution in [3.63, 3.8) is 0 Å². The number of aliphatic hydroxyl groups is 1. The molecule has 0 saturated carbocycles. The van der Waals surface area contributed by atoms with Crippen molar-refractivity contribution in [2.45, 2.75) is 38.8 Å². The summed E-state index contributed by atoms with van der Waals surface area (Å²) in [6, 6.07) is -0.984. The SMILES string of the molecule is CC(C)CN1CC(C(=O)N2C[C@@H](O)C[C@H]2C(=O)O)CC1=O. The summed E-state index contributed by atoms with van der Waals surface area (Å²) in [7, 11) is 0. The van der Waals surface area contributed by atoms with Crippen LogP contribution in [0.3, 0.4) is 0 Å². The molecule has 21 heavy (non-hydrogen) atoms. The number of nitrogens with zero attached hydrogens (tertiary/aromatic N) is 2. The van der Waals surface area contributed by atoms with E-state index in [1.165, 1.54) is 4.90 Å². The highest BCUT2D eigenvalue weighted by atomic mass is 16.4. The predicted molar refractivity (Wildman–Crippen MR) is 73.3 cm³/mol. The van der Waals surface area contributed by atoms with Crippen LogP contribution in [-0.4, -0.2) is 69.6 Å². The first kappa shape index (κ1) is 15.8. The first-order valence-electron chi connectivity index (χ1n) is 7.28. The van der Waals surface area contributed by atoms with Gasteiger partial charge in [0.05, 0.1) is 12.0 Å². The van der Waals surface area contributed by atoms with Crippen LogP contribution in [0.4, 0.5) is 0 Å². The molecule has 0 spiro atoms. The van der Waals surface area contributed by atoms with Crippen molar-refractivity contribution in [2.24, 2.45) is 11.8 Å². The van der Waals surface area contributed by atoms with E-state index in [4.69, 9.17) is 5.11 Å². The van der Waals surface area contributed by atoms with E-state index in [0.29, 0.717) is 19.0 Å². The van der Waals surface area contributed by atoms with Crippen molar-refractivity contribution in [3.8, 4) is 0 Å². The van der Waals surface area contributed by atoms with Gasteiger partial charge in [-0.15, -0.1) is 0 Å². The first-order chi connectivity index (χ1) is 9.79. The van der Waals surface area contributed by atoms with Crippen LogP contribution in [0.15, 0.2) is 0 Å². The van der Waals surface area contributed by atoms with E-state index in [9.17, 15) is 19.5 Å². The summed E-state index contributed by atoms with van der Waals surface area (Å²) in [4.78, 5) is 38.4. The number of carboxylic acids is 1. The van der Waals surface area contributed by atoms with E-state index >= 15 is 0 Å². The Labute approximate surface area is 123 Å². The third-order valence-electron chi connectivity index (χ3n) is 4.00. The smallest absolute Gasteiger partial charge is 0.326 e. The molecule has 7 heteroatoms. The maximum Gasteiger partial charge on any atom is 0.326 e. The lowest BCUT2D eigenvalue weighted by molar-refractivity contribution is -0.149. The molecular weight excluding hydrogens is 276 g/mol. The van der Waals surface area contributed by atoms with Gasteiger partial charge >= 0.3 is 5.97 Å². The fourth-order valence-electron chi connectivity index (χ4n) is 3.08. The van der Waals surface area contributed by atoms with Crippen LogP contribution in [0.5, 0.6) is 0 Å². The summed E-state index contributed by atoms with van der Waals surface area (Å²) in [5.41, 5.74) is 0. The van der Waals surface area contributed by atoms with Gasteiger partial charge in [-0.3, -0.25) is 9.59 Å². The number of amides is 2. The lowest BCUT2D eigenvalue weighted by Crippen LogP contribution is -2.44. The molecule has 3 atom stereocenters. The second-order valence-electron chi connectivity index (χ2n) is 6.33. The molecule has 118 valence electrons. The molecular formula is C14H22N2O5. The highest BCUT2D eigenvalue weighted by Crippen LogP contribution is 2.26. The van der Waals surface area contributed by atoms with Gasteiger partial charge in [0.2, 0.25) is 11.8 Å². The van der Waals surface area contributed by atoms with Crippen LogP contribution >= 0.6 is 0 Å². The van der Waals surface area contributed by atoms with Gasteiger partial charge in [-0.05, 0) is 5.92 Å². The van der Waals surface area contributed by atoms with Gasteiger partial charge < -0.3 is 20.0 Å². The second-order valence-corrected chi connectivity index (χ2v) is 6.33. The van der Waals surface area contributed by atoms with Crippen molar-refractivity contribution in [3.05, 3.63) is 0 Å². The van der Waals surface area contributed by atoms with Gasteiger partial charge in [0, 0.05) is 32.5 Å².